The van der Waals surface area contributed by atoms with Gasteiger partial charge in [-0.1, -0.05) is 97.8 Å². The van der Waals surface area contributed by atoms with Crippen molar-refractivity contribution in [2.45, 2.75) is 111 Å². The third kappa shape index (κ3) is 12.3. The van der Waals surface area contributed by atoms with Gasteiger partial charge in [-0.3, -0.25) is 9.59 Å². The number of hydrogen-bond acceptors (Lipinski definition) is 2. The Hall–Kier alpha value is -1.06. The third-order valence-electron chi connectivity index (χ3n) is 5.50. The molecule has 0 fully saturated rings. The van der Waals surface area contributed by atoms with E-state index in [-0.39, 0.29) is 5.92 Å². The van der Waals surface area contributed by atoms with E-state index >= 15 is 0 Å². The fourth-order valence-electron chi connectivity index (χ4n) is 3.76. The molecule has 0 aromatic rings. The Morgan fingerprint density at radius 3 is 1.54 bits per heavy atom. The summed E-state index contributed by atoms with van der Waals surface area (Å²) in [6, 6.07) is 0. The van der Waals surface area contributed by atoms with Crippen molar-refractivity contribution in [3.63, 3.8) is 0 Å². The summed E-state index contributed by atoms with van der Waals surface area (Å²) in [6.07, 6.45) is 15.6. The first kappa shape index (κ1) is 24.9. The fourth-order valence-corrected chi connectivity index (χ4v) is 3.76. The molecule has 0 bridgehead atoms. The molecule has 0 aromatic heterocycles. The van der Waals surface area contributed by atoms with Gasteiger partial charge in [0, 0.05) is 0 Å². The molecular weight excluding hydrogens is 328 g/mol. The molecule has 26 heavy (non-hydrogen) atoms. The van der Waals surface area contributed by atoms with Crippen LogP contribution >= 0.6 is 0 Å². The number of carbonyl (C=O) groups is 2. The van der Waals surface area contributed by atoms with Crippen LogP contribution in [0.25, 0.3) is 0 Å². The maximum Gasteiger partial charge on any atom is 0.318 e. The monoisotopic (exact) mass is 370 g/mol. The van der Waals surface area contributed by atoms with E-state index in [4.69, 9.17) is 0 Å². The van der Waals surface area contributed by atoms with Gasteiger partial charge in [-0.25, -0.2) is 0 Å². The summed E-state index contributed by atoms with van der Waals surface area (Å²) in [7, 11) is 0. The molecule has 0 rings (SSSR count). The number of carboxylic acids is 2. The van der Waals surface area contributed by atoms with Crippen LogP contribution in [0.5, 0.6) is 0 Å². The molecule has 154 valence electrons. The van der Waals surface area contributed by atoms with Crippen LogP contribution in [0.2, 0.25) is 0 Å². The molecule has 0 saturated carbocycles. The maximum absolute atomic E-state index is 11.3. The van der Waals surface area contributed by atoms with Crippen molar-refractivity contribution in [3.05, 3.63) is 0 Å². The van der Waals surface area contributed by atoms with Crippen LogP contribution in [0, 0.1) is 17.8 Å². The maximum atomic E-state index is 11.3. The minimum atomic E-state index is -1.24. The van der Waals surface area contributed by atoms with Gasteiger partial charge in [0.1, 0.15) is 0 Å². The van der Waals surface area contributed by atoms with Crippen LogP contribution < -0.4 is 0 Å². The molecule has 0 radical (unpaired) electrons. The van der Waals surface area contributed by atoms with E-state index in [0.29, 0.717) is 6.42 Å². The van der Waals surface area contributed by atoms with Gasteiger partial charge in [0.2, 0.25) is 0 Å². The van der Waals surface area contributed by atoms with Gasteiger partial charge < -0.3 is 10.2 Å². The van der Waals surface area contributed by atoms with Crippen LogP contribution in [-0.2, 0) is 9.59 Å². The molecule has 0 spiro atoms. The highest BCUT2D eigenvalue weighted by Gasteiger charge is 2.33. The Morgan fingerprint density at radius 1 is 0.654 bits per heavy atom. The number of carboxylic acid groups (broad SMARTS) is 2. The van der Waals surface area contributed by atoms with E-state index in [9.17, 15) is 19.8 Å². The van der Waals surface area contributed by atoms with E-state index < -0.39 is 17.9 Å². The van der Waals surface area contributed by atoms with Gasteiger partial charge >= 0.3 is 11.9 Å². The highest BCUT2D eigenvalue weighted by Crippen LogP contribution is 2.26. The first-order valence-electron chi connectivity index (χ1n) is 10.9. The predicted octanol–water partition coefficient (Wildman–Crippen LogP) is 6.53. The van der Waals surface area contributed by atoms with Crippen molar-refractivity contribution in [2.75, 3.05) is 0 Å². The summed E-state index contributed by atoms with van der Waals surface area (Å²) in [6.45, 7) is 6.65. The lowest BCUT2D eigenvalue weighted by atomic mass is 9.83. The minimum absolute atomic E-state index is 0.232. The molecule has 2 N–H and O–H groups in total. The summed E-state index contributed by atoms with van der Waals surface area (Å²) in [5, 5.41) is 18.5. The molecule has 4 nitrogen and oxygen atoms in total. The molecule has 4 heteroatoms. The van der Waals surface area contributed by atoms with Crippen LogP contribution in [0.15, 0.2) is 0 Å². The number of hydrogen-bond donors (Lipinski definition) is 2. The Morgan fingerprint density at radius 2 is 1.04 bits per heavy atom. The van der Waals surface area contributed by atoms with Crippen LogP contribution in [0.4, 0.5) is 0 Å². The standard InChI is InChI=1S/C22H42O4/c1-4-6-14-18(3)15-12-10-8-9-11-13-17-19(16-7-5-2)20(21(23)24)22(25)26/h18-20H,4-17H2,1-3H3,(H,23,24)(H,25,26). The van der Waals surface area contributed by atoms with E-state index in [1.54, 1.807) is 0 Å². The zero-order valence-electron chi connectivity index (χ0n) is 17.3. The molecule has 0 amide bonds. The van der Waals surface area contributed by atoms with Crippen LogP contribution in [0.1, 0.15) is 111 Å². The van der Waals surface area contributed by atoms with Gasteiger partial charge in [-0.15, -0.1) is 0 Å². The van der Waals surface area contributed by atoms with Gasteiger partial charge in [-0.05, 0) is 24.7 Å². The van der Waals surface area contributed by atoms with E-state index in [1.807, 2.05) is 0 Å². The lowest BCUT2D eigenvalue weighted by molar-refractivity contribution is -0.157. The summed E-state index contributed by atoms with van der Waals surface area (Å²) < 4.78 is 0. The van der Waals surface area contributed by atoms with Crippen molar-refractivity contribution in [1.82, 2.24) is 0 Å². The van der Waals surface area contributed by atoms with Crippen molar-refractivity contribution in [2.24, 2.45) is 17.8 Å². The topological polar surface area (TPSA) is 74.6 Å². The first-order chi connectivity index (χ1) is 12.4. The molecule has 0 aliphatic heterocycles. The Labute approximate surface area is 160 Å². The lowest BCUT2D eigenvalue weighted by Gasteiger charge is -2.20. The second kappa shape index (κ2) is 16.1. The molecule has 0 saturated heterocycles. The molecule has 2 unspecified atom stereocenters. The third-order valence-corrected chi connectivity index (χ3v) is 5.50. The first-order valence-corrected chi connectivity index (χ1v) is 10.9. The Kier molecular flexibility index (Phi) is 15.5. The van der Waals surface area contributed by atoms with Gasteiger partial charge in [0.15, 0.2) is 5.92 Å². The lowest BCUT2D eigenvalue weighted by Crippen LogP contribution is -2.31. The summed E-state index contributed by atoms with van der Waals surface area (Å²) >= 11 is 0. The zero-order valence-corrected chi connectivity index (χ0v) is 17.3. The SMILES string of the molecule is CCCCC(C)CCCCCCCCC(CCCC)C(C(=O)O)C(=O)O. The summed E-state index contributed by atoms with van der Waals surface area (Å²) in [5.74, 6) is -3.00. The fraction of sp³-hybridized carbons (Fsp3) is 0.909. The average molecular weight is 371 g/mol. The zero-order chi connectivity index (χ0) is 19.8. The summed E-state index contributed by atoms with van der Waals surface area (Å²) in [4.78, 5) is 22.6. The van der Waals surface area contributed by atoms with Crippen molar-refractivity contribution in [1.29, 1.82) is 0 Å². The number of unbranched alkanes of at least 4 members (excludes halogenated alkanes) is 7. The van der Waals surface area contributed by atoms with Crippen LogP contribution in [-0.4, -0.2) is 22.2 Å². The van der Waals surface area contributed by atoms with Crippen molar-refractivity contribution in [3.8, 4) is 0 Å². The van der Waals surface area contributed by atoms with Crippen LogP contribution in [0.3, 0.4) is 0 Å². The largest absolute Gasteiger partial charge is 0.481 e. The molecule has 0 heterocycles. The van der Waals surface area contributed by atoms with Crippen molar-refractivity contribution < 1.29 is 19.8 Å². The van der Waals surface area contributed by atoms with E-state index in [1.165, 1.54) is 51.4 Å². The number of rotatable bonds is 18. The highest BCUT2D eigenvalue weighted by atomic mass is 16.4. The van der Waals surface area contributed by atoms with E-state index in [2.05, 4.69) is 20.8 Å². The smallest absolute Gasteiger partial charge is 0.318 e. The summed E-state index contributed by atoms with van der Waals surface area (Å²) in [5.41, 5.74) is 0. The van der Waals surface area contributed by atoms with Crippen molar-refractivity contribution >= 4 is 11.9 Å². The average Bonchev–Trinajstić information content (AvgIpc) is 2.58. The Bertz CT molecular complexity index is 353. The minimum Gasteiger partial charge on any atom is -0.481 e. The molecular formula is C22H42O4. The highest BCUT2D eigenvalue weighted by molar-refractivity contribution is 5.93. The predicted molar refractivity (Wildman–Crippen MR) is 107 cm³/mol. The number of aliphatic carboxylic acids is 2. The van der Waals surface area contributed by atoms with Gasteiger partial charge in [0.25, 0.3) is 0 Å². The quantitative estimate of drug-likeness (QED) is 0.212. The van der Waals surface area contributed by atoms with E-state index in [0.717, 1.165) is 38.0 Å². The molecule has 0 aliphatic rings. The normalized spacial score (nSPS) is 13.7. The second-order valence-corrected chi connectivity index (χ2v) is 8.00. The molecule has 2 atom stereocenters. The molecule has 0 aliphatic carbocycles. The van der Waals surface area contributed by atoms with Gasteiger partial charge in [0.05, 0.1) is 0 Å². The molecule has 0 aromatic carbocycles. The van der Waals surface area contributed by atoms with Gasteiger partial charge in [-0.2, -0.15) is 0 Å². The Balaban J connectivity index is 3.94. The second-order valence-electron chi connectivity index (χ2n) is 8.00.